The van der Waals surface area contributed by atoms with E-state index in [4.69, 9.17) is 18.9 Å². The molecule has 0 aromatic carbocycles. The molecule has 0 aromatic heterocycles. The van der Waals surface area contributed by atoms with Gasteiger partial charge >= 0.3 is 0 Å². The molecule has 474 valence electrons. The third-order valence-electron chi connectivity index (χ3n) is 15.6. The second kappa shape index (κ2) is 52.5. The average molecular weight is 1160 g/mol. The lowest BCUT2D eigenvalue weighted by Gasteiger charge is -2.46. The summed E-state index contributed by atoms with van der Waals surface area (Å²) in [6, 6.07) is -0.841. The van der Waals surface area contributed by atoms with Gasteiger partial charge in [0.15, 0.2) is 12.6 Å². The molecule has 2 saturated heterocycles. The molecular weight excluding hydrogens is 1040 g/mol. The summed E-state index contributed by atoms with van der Waals surface area (Å²) in [6.07, 6.45) is 54.3. The zero-order valence-corrected chi connectivity index (χ0v) is 51.2. The number of aliphatic hydroxyl groups is 8. The summed E-state index contributed by atoms with van der Waals surface area (Å²) >= 11 is 0. The van der Waals surface area contributed by atoms with E-state index in [2.05, 4.69) is 104 Å². The van der Waals surface area contributed by atoms with Crippen molar-refractivity contribution in [3.8, 4) is 0 Å². The van der Waals surface area contributed by atoms with Gasteiger partial charge in [-0.2, -0.15) is 0 Å². The van der Waals surface area contributed by atoms with Gasteiger partial charge in [0.2, 0.25) is 5.91 Å². The molecule has 2 rings (SSSR count). The molecule has 0 bridgehead atoms. The molecule has 0 radical (unpaired) electrons. The third kappa shape index (κ3) is 36.9. The first-order valence-corrected chi connectivity index (χ1v) is 32.8. The number of aliphatic hydroxyl groups excluding tert-OH is 8. The van der Waals surface area contributed by atoms with Crippen molar-refractivity contribution >= 4 is 5.91 Å². The van der Waals surface area contributed by atoms with E-state index in [-0.39, 0.29) is 18.9 Å². The van der Waals surface area contributed by atoms with Crippen LogP contribution < -0.4 is 5.32 Å². The number of carbonyl (C=O) groups excluding carboxylic acids is 1. The van der Waals surface area contributed by atoms with Gasteiger partial charge in [0, 0.05) is 6.42 Å². The van der Waals surface area contributed by atoms with Gasteiger partial charge in [-0.3, -0.25) is 4.79 Å². The number of carbonyl (C=O) groups is 1. The zero-order chi connectivity index (χ0) is 59.5. The van der Waals surface area contributed by atoms with Gasteiger partial charge in [0.1, 0.15) is 48.8 Å². The highest BCUT2D eigenvalue weighted by Gasteiger charge is 2.51. The molecule has 0 aliphatic carbocycles. The monoisotopic (exact) mass is 1160 g/mol. The van der Waals surface area contributed by atoms with Crippen LogP contribution in [0.2, 0.25) is 0 Å². The van der Waals surface area contributed by atoms with E-state index in [0.717, 1.165) is 109 Å². The lowest BCUT2D eigenvalue weighted by Crippen LogP contribution is -2.65. The molecule has 9 N–H and O–H groups in total. The number of hydrogen-bond donors (Lipinski definition) is 9. The summed E-state index contributed by atoms with van der Waals surface area (Å²) in [7, 11) is 0. The van der Waals surface area contributed by atoms with E-state index >= 15 is 0 Å². The number of allylic oxidation sites excluding steroid dienone is 14. The Kier molecular flexibility index (Phi) is 48.2. The van der Waals surface area contributed by atoms with Gasteiger partial charge < -0.3 is 65.1 Å². The molecule has 2 aliphatic rings. The van der Waals surface area contributed by atoms with Crippen LogP contribution in [-0.2, 0) is 23.7 Å². The lowest BCUT2D eigenvalue weighted by molar-refractivity contribution is -0.359. The molecular formula is C68H119NO13. The van der Waals surface area contributed by atoms with Gasteiger partial charge in [0.05, 0.1) is 32.0 Å². The minimum absolute atomic E-state index is 0.219. The minimum atomic E-state index is -1.79. The van der Waals surface area contributed by atoms with Gasteiger partial charge in [-0.05, 0) is 70.6 Å². The summed E-state index contributed by atoms with van der Waals surface area (Å²) in [5, 5.41) is 87.5. The van der Waals surface area contributed by atoms with Crippen LogP contribution >= 0.6 is 0 Å². The predicted octanol–water partition coefficient (Wildman–Crippen LogP) is 12.4. The van der Waals surface area contributed by atoms with Crippen LogP contribution in [0.4, 0.5) is 0 Å². The maximum atomic E-state index is 13.3. The van der Waals surface area contributed by atoms with E-state index in [1.165, 1.54) is 103 Å². The summed E-state index contributed by atoms with van der Waals surface area (Å²) in [5.74, 6) is -0.219. The Morgan fingerprint density at radius 3 is 1.29 bits per heavy atom. The minimum Gasteiger partial charge on any atom is -0.394 e. The van der Waals surface area contributed by atoms with Crippen LogP contribution in [0.3, 0.4) is 0 Å². The SMILES string of the molecule is CC/C=C\C/C=C\C/C=C\C/C=C\C/C=C\C/C=C\C/C=C\CCCCCCCCCC(=O)NC(COC1OC(CO)C(OC2OC(CO)C(O)C(O)C2O)C(O)C1O)C(O)CCCCCCCCCCCCCCCCCCCCC. The number of hydrogen-bond acceptors (Lipinski definition) is 13. The predicted molar refractivity (Wildman–Crippen MR) is 332 cm³/mol. The molecule has 0 aromatic rings. The smallest absolute Gasteiger partial charge is 0.220 e. The molecule has 0 spiro atoms. The standard InChI is InChI=1S/C68H119NO13/c1-3-5-7-9-11-13-15-17-19-21-23-24-25-26-27-28-29-30-31-32-34-36-38-40-42-44-46-48-50-52-60(73)69-56(57(72)51-49-47-45-43-41-39-37-35-33-22-20-18-16-14-12-10-8-6-4-2)55-79-67-65(78)63(76)66(59(54-71)81-67)82-68-64(77)62(75)61(74)58(53-70)80-68/h5,7,11,13,17,19,23-24,26-27,29-30,32,34,56-59,61-68,70-72,74-78H,3-4,6,8-10,12,14-16,18,20-22,25,28,31,33,35-55H2,1-2H3,(H,69,73)/b7-5-,13-11-,19-17-,24-23-,27-26-,30-29-,34-32-. The highest BCUT2D eigenvalue weighted by molar-refractivity contribution is 5.76. The van der Waals surface area contributed by atoms with Crippen molar-refractivity contribution in [3.63, 3.8) is 0 Å². The van der Waals surface area contributed by atoms with E-state index in [0.29, 0.717) is 12.8 Å². The van der Waals surface area contributed by atoms with Crippen molar-refractivity contribution in [2.45, 2.75) is 319 Å². The van der Waals surface area contributed by atoms with Crippen molar-refractivity contribution in [1.29, 1.82) is 0 Å². The third-order valence-corrected chi connectivity index (χ3v) is 15.6. The fourth-order valence-electron chi connectivity index (χ4n) is 10.4. The van der Waals surface area contributed by atoms with Crippen LogP contribution in [0.1, 0.15) is 245 Å². The van der Waals surface area contributed by atoms with E-state index in [9.17, 15) is 45.6 Å². The molecule has 2 aliphatic heterocycles. The first-order valence-electron chi connectivity index (χ1n) is 32.8. The summed E-state index contributed by atoms with van der Waals surface area (Å²) in [6.45, 7) is 2.75. The molecule has 12 atom stereocenters. The molecule has 82 heavy (non-hydrogen) atoms. The molecule has 2 heterocycles. The molecule has 1 amide bonds. The second-order valence-corrected chi connectivity index (χ2v) is 22.9. The number of ether oxygens (including phenoxy) is 4. The molecule has 0 saturated carbocycles. The maximum Gasteiger partial charge on any atom is 0.220 e. The number of unbranched alkanes of at least 4 members (excludes halogenated alkanes) is 25. The highest BCUT2D eigenvalue weighted by atomic mass is 16.7. The van der Waals surface area contributed by atoms with Crippen molar-refractivity contribution in [3.05, 3.63) is 85.1 Å². The fourth-order valence-corrected chi connectivity index (χ4v) is 10.4. The first kappa shape index (κ1) is 75.3. The van der Waals surface area contributed by atoms with Crippen molar-refractivity contribution in [2.75, 3.05) is 19.8 Å². The molecule has 2 fully saturated rings. The Hall–Kier alpha value is -2.83. The quantitative estimate of drug-likeness (QED) is 0.0204. The number of nitrogens with one attached hydrogen (secondary N) is 1. The Bertz CT molecular complexity index is 1700. The van der Waals surface area contributed by atoms with Crippen molar-refractivity contribution < 1.29 is 64.6 Å². The van der Waals surface area contributed by atoms with Crippen LogP contribution in [-0.4, -0.2) is 140 Å². The Labute approximate surface area is 497 Å². The fraction of sp³-hybridized carbons (Fsp3) is 0.779. The van der Waals surface area contributed by atoms with Gasteiger partial charge in [-0.15, -0.1) is 0 Å². The molecule has 14 heteroatoms. The van der Waals surface area contributed by atoms with E-state index in [1.54, 1.807) is 0 Å². The van der Waals surface area contributed by atoms with Crippen molar-refractivity contribution in [1.82, 2.24) is 5.32 Å². The average Bonchev–Trinajstić information content (AvgIpc) is 3.65. The van der Waals surface area contributed by atoms with Crippen LogP contribution in [0, 0.1) is 0 Å². The Balaban J connectivity index is 1.71. The molecule has 12 unspecified atom stereocenters. The van der Waals surface area contributed by atoms with Crippen LogP contribution in [0.15, 0.2) is 85.1 Å². The highest BCUT2D eigenvalue weighted by Crippen LogP contribution is 2.30. The van der Waals surface area contributed by atoms with Gasteiger partial charge in [0.25, 0.3) is 0 Å². The normalized spacial score (nSPS) is 24.5. The van der Waals surface area contributed by atoms with Crippen molar-refractivity contribution in [2.24, 2.45) is 0 Å². The maximum absolute atomic E-state index is 13.3. The Morgan fingerprint density at radius 2 is 0.841 bits per heavy atom. The topological polar surface area (TPSA) is 228 Å². The summed E-state index contributed by atoms with van der Waals surface area (Å²) < 4.78 is 22.9. The Morgan fingerprint density at radius 1 is 0.451 bits per heavy atom. The van der Waals surface area contributed by atoms with Crippen LogP contribution in [0.5, 0.6) is 0 Å². The van der Waals surface area contributed by atoms with E-state index < -0.39 is 86.8 Å². The zero-order valence-electron chi connectivity index (χ0n) is 51.2. The first-order chi connectivity index (χ1) is 40.1. The second-order valence-electron chi connectivity index (χ2n) is 22.9. The summed E-state index contributed by atoms with van der Waals surface area (Å²) in [4.78, 5) is 13.3. The van der Waals surface area contributed by atoms with Gasteiger partial charge in [-0.25, -0.2) is 0 Å². The van der Waals surface area contributed by atoms with Crippen LogP contribution in [0.25, 0.3) is 0 Å². The number of rotatable bonds is 52. The lowest BCUT2D eigenvalue weighted by atomic mass is 9.97. The van der Waals surface area contributed by atoms with Gasteiger partial charge in [-0.1, -0.05) is 253 Å². The van der Waals surface area contributed by atoms with E-state index in [1.807, 2.05) is 0 Å². The summed E-state index contributed by atoms with van der Waals surface area (Å²) in [5.41, 5.74) is 0. The molecule has 14 nitrogen and oxygen atoms in total. The largest absolute Gasteiger partial charge is 0.394 e. The number of amides is 1.